The zero-order chi connectivity index (χ0) is 48.5. The lowest BCUT2D eigenvalue weighted by molar-refractivity contribution is -0.870. The number of esters is 2. The van der Waals surface area contributed by atoms with E-state index in [-0.39, 0.29) is 26.1 Å². The summed E-state index contributed by atoms with van der Waals surface area (Å²) in [5.41, 5.74) is 0. The fraction of sp³-hybridized carbons (Fsp3) is 0.714. The van der Waals surface area contributed by atoms with Gasteiger partial charge in [-0.2, -0.15) is 0 Å². The van der Waals surface area contributed by atoms with E-state index in [1.165, 1.54) is 116 Å². The molecule has 0 aromatic heterocycles. The number of ether oxygens (including phenoxy) is 2. The lowest BCUT2D eigenvalue weighted by Crippen LogP contribution is -2.37. The van der Waals surface area contributed by atoms with Crippen molar-refractivity contribution in [1.29, 1.82) is 0 Å². The van der Waals surface area contributed by atoms with E-state index in [1.807, 2.05) is 33.3 Å². The number of rotatable bonds is 47. The Morgan fingerprint density at radius 3 is 1.35 bits per heavy atom. The van der Waals surface area contributed by atoms with Gasteiger partial charge in [-0.1, -0.05) is 208 Å². The number of phosphoric ester groups is 1. The Bertz CT molecular complexity index is 1390. The minimum Gasteiger partial charge on any atom is -0.756 e. The lowest BCUT2D eigenvalue weighted by atomic mass is 10.0. The number of unbranched alkanes of at least 4 members (excludes halogenated alkanes) is 19. The molecule has 0 heterocycles. The van der Waals surface area contributed by atoms with Crippen LogP contribution in [0.4, 0.5) is 0 Å². The van der Waals surface area contributed by atoms with Gasteiger partial charge in [0.05, 0.1) is 27.7 Å². The first kappa shape index (κ1) is 63.2. The molecule has 0 radical (unpaired) electrons. The molecule has 0 amide bonds. The summed E-state index contributed by atoms with van der Waals surface area (Å²) in [4.78, 5) is 37.7. The first-order valence-electron chi connectivity index (χ1n) is 26.3. The molecule has 0 aliphatic heterocycles. The molecule has 0 saturated carbocycles. The van der Waals surface area contributed by atoms with Crippen molar-refractivity contribution in [3.05, 3.63) is 85.1 Å². The van der Waals surface area contributed by atoms with Crippen LogP contribution in [0.1, 0.15) is 206 Å². The van der Waals surface area contributed by atoms with E-state index in [0.29, 0.717) is 23.9 Å². The van der Waals surface area contributed by atoms with Gasteiger partial charge in [-0.25, -0.2) is 0 Å². The highest BCUT2D eigenvalue weighted by atomic mass is 31.2. The number of carbonyl (C=O) groups excluding carboxylic acids is 2. The van der Waals surface area contributed by atoms with Gasteiger partial charge in [0, 0.05) is 12.8 Å². The largest absolute Gasteiger partial charge is 0.756 e. The average Bonchev–Trinajstić information content (AvgIpc) is 3.27. The minimum atomic E-state index is -4.66. The van der Waals surface area contributed by atoms with Gasteiger partial charge in [0.25, 0.3) is 7.82 Å². The van der Waals surface area contributed by atoms with E-state index in [4.69, 9.17) is 18.5 Å². The van der Waals surface area contributed by atoms with Crippen molar-refractivity contribution in [2.75, 3.05) is 47.5 Å². The highest BCUT2D eigenvalue weighted by Gasteiger charge is 2.21. The molecule has 0 N–H and O–H groups in total. The molecule has 0 aliphatic carbocycles. The molecule has 66 heavy (non-hydrogen) atoms. The number of allylic oxidation sites excluding steroid dienone is 14. The number of carbonyl (C=O) groups is 2. The number of phosphoric acid groups is 1. The molecular formula is C56H98NO8P. The van der Waals surface area contributed by atoms with Gasteiger partial charge < -0.3 is 27.9 Å². The first-order valence-corrected chi connectivity index (χ1v) is 27.8. The van der Waals surface area contributed by atoms with Crippen LogP contribution in [-0.4, -0.2) is 70.0 Å². The summed E-state index contributed by atoms with van der Waals surface area (Å²) in [5, 5.41) is 0. The molecule has 0 bridgehead atoms. The molecule has 0 aliphatic rings. The normalized spacial score (nSPS) is 14.1. The van der Waals surface area contributed by atoms with Crippen LogP contribution in [0.2, 0.25) is 0 Å². The van der Waals surface area contributed by atoms with Gasteiger partial charge >= 0.3 is 11.9 Å². The third kappa shape index (κ3) is 50.6. The van der Waals surface area contributed by atoms with E-state index < -0.39 is 32.5 Å². The van der Waals surface area contributed by atoms with Crippen LogP contribution in [0, 0.1) is 0 Å². The van der Waals surface area contributed by atoms with Crippen LogP contribution in [-0.2, 0) is 32.7 Å². The number of likely N-dealkylation sites (N-methyl/N-ethyl adjacent to an activating group) is 1. The summed E-state index contributed by atoms with van der Waals surface area (Å²) in [6.45, 7) is 4.01. The summed E-state index contributed by atoms with van der Waals surface area (Å²) in [5.74, 6) is -0.971. The van der Waals surface area contributed by atoms with E-state index >= 15 is 0 Å². The topological polar surface area (TPSA) is 111 Å². The summed E-state index contributed by atoms with van der Waals surface area (Å²) in [6, 6.07) is 0. The van der Waals surface area contributed by atoms with Crippen molar-refractivity contribution < 1.29 is 42.1 Å². The van der Waals surface area contributed by atoms with Crippen molar-refractivity contribution in [2.45, 2.75) is 213 Å². The summed E-state index contributed by atoms with van der Waals surface area (Å²) < 4.78 is 33.9. The van der Waals surface area contributed by atoms with Gasteiger partial charge in [-0.15, -0.1) is 0 Å². The Balaban J connectivity index is 4.36. The van der Waals surface area contributed by atoms with E-state index in [1.54, 1.807) is 0 Å². The van der Waals surface area contributed by atoms with E-state index in [9.17, 15) is 19.0 Å². The molecule has 0 aromatic rings. The van der Waals surface area contributed by atoms with Crippen LogP contribution in [0.5, 0.6) is 0 Å². The molecule has 10 heteroatoms. The van der Waals surface area contributed by atoms with Crippen LogP contribution >= 0.6 is 7.82 Å². The average molecular weight is 944 g/mol. The highest BCUT2D eigenvalue weighted by Crippen LogP contribution is 2.38. The second-order valence-electron chi connectivity index (χ2n) is 18.5. The van der Waals surface area contributed by atoms with E-state index in [2.05, 4.69) is 86.8 Å². The fourth-order valence-corrected chi connectivity index (χ4v) is 7.59. The lowest BCUT2D eigenvalue weighted by Gasteiger charge is -2.28. The molecule has 9 nitrogen and oxygen atoms in total. The summed E-state index contributed by atoms with van der Waals surface area (Å²) in [7, 11) is 1.10. The SMILES string of the molecule is CC/C=C/C/C=C/C/C=C/C/C=C/C/C=C/C/C=C/CCC(=O)OC[C@H](COP(=O)([O-])OCC[N+](C)(C)C)OC(=O)CCC/C=C/CCCCCCCCCCCCCCCCCCCC. The Morgan fingerprint density at radius 2 is 0.894 bits per heavy atom. The van der Waals surface area contributed by atoms with Gasteiger partial charge in [-0.3, -0.25) is 14.2 Å². The molecule has 0 saturated heterocycles. The second kappa shape index (κ2) is 47.3. The quantitative estimate of drug-likeness (QED) is 0.0195. The molecule has 0 spiro atoms. The molecular weight excluding hydrogens is 846 g/mol. The van der Waals surface area contributed by atoms with Crippen LogP contribution in [0.25, 0.3) is 0 Å². The molecule has 0 aromatic carbocycles. The molecule has 0 fully saturated rings. The van der Waals surface area contributed by atoms with Crippen molar-refractivity contribution in [2.24, 2.45) is 0 Å². The number of hydrogen-bond donors (Lipinski definition) is 0. The maximum atomic E-state index is 12.7. The van der Waals surface area contributed by atoms with Crippen molar-refractivity contribution >= 4 is 19.8 Å². The molecule has 1 unspecified atom stereocenters. The van der Waals surface area contributed by atoms with Gasteiger partial charge in [-0.05, 0) is 70.6 Å². The summed E-state index contributed by atoms with van der Waals surface area (Å²) in [6.07, 6.45) is 62.2. The highest BCUT2D eigenvalue weighted by molar-refractivity contribution is 7.45. The van der Waals surface area contributed by atoms with Gasteiger partial charge in [0.2, 0.25) is 0 Å². The molecule has 2 atom stereocenters. The van der Waals surface area contributed by atoms with Crippen molar-refractivity contribution in [3.63, 3.8) is 0 Å². The van der Waals surface area contributed by atoms with Crippen molar-refractivity contribution in [3.8, 4) is 0 Å². The number of nitrogens with zero attached hydrogens (tertiary/aromatic N) is 1. The maximum absolute atomic E-state index is 12.7. The zero-order valence-electron chi connectivity index (χ0n) is 42.9. The Hall–Kier alpha value is -2.81. The maximum Gasteiger partial charge on any atom is 0.306 e. The van der Waals surface area contributed by atoms with Gasteiger partial charge in [0.1, 0.15) is 19.8 Å². The predicted molar refractivity (Wildman–Crippen MR) is 277 cm³/mol. The summed E-state index contributed by atoms with van der Waals surface area (Å²) >= 11 is 0. The standard InChI is InChI=1S/C56H98NO8P/c1-6-8-10-12-14-16-18-20-22-24-26-27-28-29-31-33-35-37-39-41-43-45-47-49-56(59)65-54(53-64-66(60,61)63-51-50-57(3,4)5)52-62-55(58)48-46-44-42-40-38-36-34-32-30-25-23-21-19-17-15-13-11-9-7-2/h9,11,15,17,21,23,30,32,36,38,41-44,54H,6-8,10,12-14,16,18-20,22,24-29,31,33-35,37,39-40,45-53H2,1-5H3/b11-9+,17-15+,23-21+,32-30+,38-36+,43-41+,44-42+/t54-/m1/s1. The number of quaternary nitrogens is 1. The van der Waals surface area contributed by atoms with Gasteiger partial charge in [0.15, 0.2) is 6.10 Å². The Labute approximate surface area is 405 Å². The predicted octanol–water partition coefficient (Wildman–Crippen LogP) is 15.3. The van der Waals surface area contributed by atoms with E-state index in [0.717, 1.165) is 51.4 Å². The molecule has 380 valence electrons. The van der Waals surface area contributed by atoms with Crippen LogP contribution in [0.3, 0.4) is 0 Å². The third-order valence-electron chi connectivity index (χ3n) is 10.9. The number of hydrogen-bond acceptors (Lipinski definition) is 8. The molecule has 0 rings (SSSR count). The van der Waals surface area contributed by atoms with Crippen LogP contribution in [0.15, 0.2) is 85.1 Å². The first-order chi connectivity index (χ1) is 32.0. The zero-order valence-corrected chi connectivity index (χ0v) is 43.8. The smallest absolute Gasteiger partial charge is 0.306 e. The minimum absolute atomic E-state index is 0.0502. The Morgan fingerprint density at radius 1 is 0.485 bits per heavy atom. The Kier molecular flexibility index (Phi) is 45.3. The third-order valence-corrected chi connectivity index (χ3v) is 11.9. The fourth-order valence-electron chi connectivity index (χ4n) is 6.86. The second-order valence-corrected chi connectivity index (χ2v) is 19.9. The van der Waals surface area contributed by atoms with Crippen LogP contribution < -0.4 is 4.89 Å². The monoisotopic (exact) mass is 944 g/mol. The van der Waals surface area contributed by atoms with Crippen molar-refractivity contribution in [1.82, 2.24) is 0 Å².